The molecule has 0 aromatic heterocycles. The van der Waals surface area contributed by atoms with Crippen LogP contribution in [0.15, 0.2) is 79.4 Å². The van der Waals surface area contributed by atoms with Gasteiger partial charge in [0.05, 0.1) is 26.4 Å². The second-order valence-corrected chi connectivity index (χ2v) is 9.75. The highest BCUT2D eigenvalue weighted by Crippen LogP contribution is 2.27. The number of carbonyl (C=O) groups is 2. The summed E-state index contributed by atoms with van der Waals surface area (Å²) >= 11 is 4.82. The van der Waals surface area contributed by atoms with Crippen molar-refractivity contribution in [3.8, 4) is 0 Å². The third-order valence-electron chi connectivity index (χ3n) is 6.54. The largest absolute Gasteiger partial charge is 0.379 e. The lowest BCUT2D eigenvalue weighted by Gasteiger charge is -2.31. The zero-order valence-corrected chi connectivity index (χ0v) is 24.1. The minimum Gasteiger partial charge on any atom is -0.379 e. The molecular formula is C32H43ClN2O4. The fraction of sp³-hybridized carbons (Fsp3) is 0.438. The number of hydrogen-bond acceptors (Lipinski definition) is 5. The van der Waals surface area contributed by atoms with Gasteiger partial charge in [0.25, 0.3) is 0 Å². The van der Waals surface area contributed by atoms with Crippen LogP contribution in [0.1, 0.15) is 37.3 Å². The zero-order valence-electron chi connectivity index (χ0n) is 23.3. The van der Waals surface area contributed by atoms with Crippen LogP contribution in [-0.2, 0) is 19.1 Å². The van der Waals surface area contributed by atoms with Crippen molar-refractivity contribution in [2.24, 2.45) is 5.92 Å². The van der Waals surface area contributed by atoms with Crippen molar-refractivity contribution in [2.75, 3.05) is 59.2 Å². The topological polar surface area (TPSA) is 59.1 Å². The van der Waals surface area contributed by atoms with E-state index in [2.05, 4.69) is 60.0 Å². The van der Waals surface area contributed by atoms with Crippen LogP contribution in [0.5, 0.6) is 0 Å². The third kappa shape index (κ3) is 12.8. The van der Waals surface area contributed by atoms with Crippen molar-refractivity contribution in [3.05, 3.63) is 90.5 Å². The summed E-state index contributed by atoms with van der Waals surface area (Å²) in [6, 6.07) is 20.5. The van der Waals surface area contributed by atoms with E-state index < -0.39 is 0 Å². The van der Waals surface area contributed by atoms with Crippen LogP contribution in [0.3, 0.4) is 0 Å². The number of amides is 1. The maximum atomic E-state index is 12.5. The number of rotatable bonds is 8. The number of nitrogens with zero attached hydrogens (tertiary/aromatic N) is 2. The molecule has 7 heteroatoms. The quantitative estimate of drug-likeness (QED) is 0.312. The van der Waals surface area contributed by atoms with Crippen molar-refractivity contribution in [1.29, 1.82) is 0 Å². The molecule has 2 atom stereocenters. The van der Waals surface area contributed by atoms with Crippen molar-refractivity contribution >= 4 is 28.8 Å². The Labute approximate surface area is 239 Å². The molecule has 0 unspecified atom stereocenters. The molecular weight excluding hydrogens is 512 g/mol. The summed E-state index contributed by atoms with van der Waals surface area (Å²) in [4.78, 5) is 26.4. The first kappa shape index (κ1) is 32.4. The average Bonchev–Trinajstić information content (AvgIpc) is 3.00. The van der Waals surface area contributed by atoms with Crippen molar-refractivity contribution in [2.45, 2.75) is 26.2 Å². The predicted molar refractivity (Wildman–Crippen MR) is 160 cm³/mol. The van der Waals surface area contributed by atoms with Crippen LogP contribution in [0, 0.1) is 5.92 Å². The van der Waals surface area contributed by atoms with Gasteiger partial charge in [-0.2, -0.15) is 0 Å². The molecule has 0 N–H and O–H groups in total. The Hall–Kier alpha value is -2.77. The summed E-state index contributed by atoms with van der Waals surface area (Å²) in [6.07, 6.45) is 6.70. The van der Waals surface area contributed by atoms with Gasteiger partial charge in [-0.3, -0.25) is 14.5 Å². The highest BCUT2D eigenvalue weighted by molar-refractivity contribution is 6.63. The number of morpholine rings is 2. The molecule has 0 radical (unpaired) electrons. The maximum absolute atomic E-state index is 12.5. The summed E-state index contributed by atoms with van der Waals surface area (Å²) < 4.78 is 10.6. The first-order valence-electron chi connectivity index (χ1n) is 13.7. The molecule has 2 saturated heterocycles. The van der Waals surface area contributed by atoms with Crippen molar-refractivity contribution in [1.82, 2.24) is 9.80 Å². The molecule has 0 bridgehead atoms. The fourth-order valence-electron chi connectivity index (χ4n) is 4.22. The van der Waals surface area contributed by atoms with Crippen molar-refractivity contribution in [3.63, 3.8) is 0 Å². The average molecular weight is 555 g/mol. The first-order valence-corrected chi connectivity index (χ1v) is 14.1. The van der Waals surface area contributed by atoms with Gasteiger partial charge in [-0.25, -0.2) is 0 Å². The molecule has 2 aliphatic rings. The lowest BCUT2D eigenvalue weighted by atomic mass is 9.86. The Morgan fingerprint density at radius 3 is 1.95 bits per heavy atom. The number of benzene rings is 2. The van der Waals surface area contributed by atoms with Gasteiger partial charge in [0, 0.05) is 51.0 Å². The van der Waals surface area contributed by atoms with E-state index >= 15 is 0 Å². The molecule has 2 aromatic rings. The normalized spacial score (nSPS) is 17.2. The van der Waals surface area contributed by atoms with Gasteiger partial charge in [0.1, 0.15) is 0 Å². The maximum Gasteiger partial charge on any atom is 0.226 e. The number of carbonyl (C=O) groups excluding carboxylic acids is 2. The van der Waals surface area contributed by atoms with E-state index in [-0.39, 0.29) is 23.0 Å². The Bertz CT molecular complexity index is 988. The van der Waals surface area contributed by atoms with Gasteiger partial charge in [0.2, 0.25) is 11.1 Å². The predicted octanol–water partition coefficient (Wildman–Crippen LogP) is 5.64. The highest BCUT2D eigenvalue weighted by Gasteiger charge is 2.28. The van der Waals surface area contributed by atoms with Crippen LogP contribution >= 0.6 is 11.6 Å². The smallest absolute Gasteiger partial charge is 0.226 e. The Morgan fingerprint density at radius 1 is 0.923 bits per heavy atom. The number of halogens is 1. The molecule has 212 valence electrons. The SMILES string of the molecule is C(=C\c1ccccc1)/CN1CCOCC1.C=C[C@H](c1ccccc1)[C@@H](C)C(=O)N1CCOCC1.CCC(=O)Cl. The van der Waals surface area contributed by atoms with Crippen LogP contribution < -0.4 is 0 Å². The lowest BCUT2D eigenvalue weighted by molar-refractivity contribution is -0.139. The van der Waals surface area contributed by atoms with E-state index in [9.17, 15) is 9.59 Å². The number of ether oxygens (including phenoxy) is 2. The second-order valence-electron chi connectivity index (χ2n) is 9.33. The molecule has 39 heavy (non-hydrogen) atoms. The molecule has 1 amide bonds. The van der Waals surface area contributed by atoms with Gasteiger partial charge < -0.3 is 14.4 Å². The summed E-state index contributed by atoms with van der Waals surface area (Å²) in [6.45, 7) is 15.2. The van der Waals surface area contributed by atoms with Crippen LogP contribution in [-0.4, -0.2) is 80.1 Å². The van der Waals surface area contributed by atoms with E-state index in [1.807, 2.05) is 42.2 Å². The molecule has 2 aliphatic heterocycles. The lowest BCUT2D eigenvalue weighted by Crippen LogP contribution is -2.44. The molecule has 2 fully saturated rings. The number of hydrogen-bond donors (Lipinski definition) is 0. The minimum atomic E-state index is -0.273. The Kier molecular flexibility index (Phi) is 16.1. The first-order chi connectivity index (χ1) is 19.0. The number of allylic oxidation sites excluding steroid dienone is 1. The summed E-state index contributed by atoms with van der Waals surface area (Å²) in [5, 5.41) is -0.273. The summed E-state index contributed by atoms with van der Waals surface area (Å²) in [5.41, 5.74) is 2.41. The van der Waals surface area contributed by atoms with Crippen molar-refractivity contribution < 1.29 is 19.1 Å². The molecule has 0 spiro atoms. The van der Waals surface area contributed by atoms with Crippen LogP contribution in [0.25, 0.3) is 6.08 Å². The highest BCUT2D eigenvalue weighted by atomic mass is 35.5. The molecule has 2 aromatic carbocycles. The van der Waals surface area contributed by atoms with Gasteiger partial charge in [-0.1, -0.05) is 92.7 Å². The standard InChI is InChI=1S/C16H21NO2.C13H17NO.C3H5ClO/c1-3-15(14-7-5-4-6-8-14)13(2)16(18)17-9-11-19-12-10-17;1-2-5-13(6-3-1)7-4-8-14-9-11-15-12-10-14;1-2-3(4)5/h3-8,13,15H,1,9-12H2,2H3;1-7H,8-12H2;2H2,1H3/b;7-4+;/t13-,15+;;/m1../s1. The van der Waals surface area contributed by atoms with E-state index in [0.717, 1.165) is 38.4 Å². The van der Waals surface area contributed by atoms with Gasteiger partial charge >= 0.3 is 0 Å². The molecule has 0 aliphatic carbocycles. The van der Waals surface area contributed by atoms with E-state index in [1.165, 1.54) is 5.56 Å². The van der Waals surface area contributed by atoms with E-state index in [0.29, 0.717) is 32.7 Å². The molecule has 4 rings (SSSR count). The zero-order chi connectivity index (χ0) is 28.3. The monoisotopic (exact) mass is 554 g/mol. The van der Waals surface area contributed by atoms with Gasteiger partial charge in [-0.05, 0) is 22.7 Å². The second kappa shape index (κ2) is 19.3. The summed E-state index contributed by atoms with van der Waals surface area (Å²) in [5.74, 6) is 0.173. The molecule has 6 nitrogen and oxygen atoms in total. The van der Waals surface area contributed by atoms with Crippen LogP contribution in [0.2, 0.25) is 0 Å². The van der Waals surface area contributed by atoms with Crippen LogP contribution in [0.4, 0.5) is 0 Å². The Balaban J connectivity index is 0.000000238. The fourth-order valence-corrected chi connectivity index (χ4v) is 4.22. The Morgan fingerprint density at radius 2 is 1.44 bits per heavy atom. The van der Waals surface area contributed by atoms with E-state index in [1.54, 1.807) is 6.92 Å². The molecule has 2 heterocycles. The third-order valence-corrected chi connectivity index (χ3v) is 6.81. The van der Waals surface area contributed by atoms with E-state index in [4.69, 9.17) is 21.1 Å². The minimum absolute atomic E-state index is 0.0662. The van der Waals surface area contributed by atoms with Gasteiger partial charge in [0.15, 0.2) is 0 Å². The van der Waals surface area contributed by atoms with Gasteiger partial charge in [-0.15, -0.1) is 6.58 Å². The summed E-state index contributed by atoms with van der Waals surface area (Å²) in [7, 11) is 0. The molecule has 0 saturated carbocycles.